The van der Waals surface area contributed by atoms with Gasteiger partial charge in [0.25, 0.3) is 0 Å². The molecule has 2 rings (SSSR count). The van der Waals surface area contributed by atoms with Crippen LogP contribution in [0.1, 0.15) is 39.3 Å². The first kappa shape index (κ1) is 18.2. The van der Waals surface area contributed by atoms with Gasteiger partial charge in [-0.15, -0.1) is 0 Å². The second kappa shape index (κ2) is 8.54. The number of fused-ring (bicyclic) bond motifs is 1. The van der Waals surface area contributed by atoms with Gasteiger partial charge in [-0.25, -0.2) is 4.79 Å². The summed E-state index contributed by atoms with van der Waals surface area (Å²) in [5.41, 5.74) is 1.23. The van der Waals surface area contributed by atoms with Crippen LogP contribution in [0.15, 0.2) is 27.4 Å². The number of nitrogens with zero attached hydrogens (tertiary/aromatic N) is 2. The Labute approximate surface area is 131 Å². The quantitative estimate of drug-likeness (QED) is 0.848. The molecule has 2 aromatic rings. The zero-order valence-electron chi connectivity index (χ0n) is 14.3. The first-order valence-corrected chi connectivity index (χ1v) is 7.70. The van der Waals surface area contributed by atoms with Crippen molar-refractivity contribution >= 4 is 11.0 Å². The molecule has 1 heterocycles. The Morgan fingerprint density at radius 1 is 1.27 bits per heavy atom. The standard InChI is InChI=1S/C15H20N2O3.C2H6/c1-10(2)13-11-6-5-7-12(19-9-8-17(3)4)14(11)20-15(18)16-13;1-2/h5-7,10H,8-9H2,1-4H3;1-2H3. The molecule has 0 saturated heterocycles. The van der Waals surface area contributed by atoms with Crippen molar-refractivity contribution in [2.45, 2.75) is 33.6 Å². The Morgan fingerprint density at radius 2 is 1.95 bits per heavy atom. The van der Waals surface area contributed by atoms with E-state index in [0.717, 1.165) is 17.6 Å². The highest BCUT2D eigenvalue weighted by molar-refractivity contribution is 5.84. The predicted molar refractivity (Wildman–Crippen MR) is 89.8 cm³/mol. The number of ether oxygens (including phenoxy) is 1. The molecule has 0 saturated carbocycles. The highest BCUT2D eigenvalue weighted by Gasteiger charge is 2.14. The molecule has 122 valence electrons. The molecule has 0 aliphatic rings. The topological polar surface area (TPSA) is 55.6 Å². The van der Waals surface area contributed by atoms with Gasteiger partial charge in [0.1, 0.15) is 6.61 Å². The molecule has 22 heavy (non-hydrogen) atoms. The minimum absolute atomic E-state index is 0.152. The molecule has 0 radical (unpaired) electrons. The molecule has 5 heteroatoms. The van der Waals surface area contributed by atoms with E-state index in [1.54, 1.807) is 0 Å². The maximum atomic E-state index is 11.6. The van der Waals surface area contributed by atoms with E-state index >= 15 is 0 Å². The van der Waals surface area contributed by atoms with Gasteiger partial charge in [-0.05, 0) is 32.1 Å². The summed E-state index contributed by atoms with van der Waals surface area (Å²) in [7, 11) is 3.96. The van der Waals surface area contributed by atoms with E-state index in [1.807, 2.05) is 64.9 Å². The summed E-state index contributed by atoms with van der Waals surface area (Å²) in [5.74, 6) is 0.161. The van der Waals surface area contributed by atoms with Crippen LogP contribution < -0.4 is 10.5 Å². The SMILES string of the molecule is CC.CC(C)c1nc(=O)oc2c(OCCN(C)C)cccc12. The maximum absolute atomic E-state index is 11.6. The van der Waals surface area contributed by atoms with Crippen LogP contribution in [0, 0.1) is 0 Å². The van der Waals surface area contributed by atoms with Crippen LogP contribution in [-0.2, 0) is 0 Å². The van der Waals surface area contributed by atoms with E-state index in [4.69, 9.17) is 9.15 Å². The van der Waals surface area contributed by atoms with Crippen molar-refractivity contribution in [2.24, 2.45) is 0 Å². The van der Waals surface area contributed by atoms with E-state index in [1.165, 1.54) is 0 Å². The summed E-state index contributed by atoms with van der Waals surface area (Å²) in [6.45, 7) is 9.33. The molecule has 5 nitrogen and oxygen atoms in total. The Bertz CT molecular complexity index is 648. The third-order valence-electron chi connectivity index (χ3n) is 3.00. The summed E-state index contributed by atoms with van der Waals surface area (Å²) in [6, 6.07) is 5.60. The maximum Gasteiger partial charge on any atom is 0.439 e. The van der Waals surface area contributed by atoms with E-state index in [2.05, 4.69) is 4.98 Å². The predicted octanol–water partition coefficient (Wildman–Crippen LogP) is 3.28. The number of para-hydroxylation sites is 1. The molecule has 0 aliphatic heterocycles. The number of benzene rings is 1. The fourth-order valence-electron chi connectivity index (χ4n) is 1.98. The average molecular weight is 306 g/mol. The van der Waals surface area contributed by atoms with Crippen molar-refractivity contribution < 1.29 is 9.15 Å². The summed E-state index contributed by atoms with van der Waals surface area (Å²) in [6.07, 6.45) is 0. The van der Waals surface area contributed by atoms with Gasteiger partial charge in [-0.1, -0.05) is 33.8 Å². The van der Waals surface area contributed by atoms with Crippen molar-refractivity contribution in [3.8, 4) is 5.75 Å². The summed E-state index contributed by atoms with van der Waals surface area (Å²) >= 11 is 0. The second-order valence-electron chi connectivity index (χ2n) is 5.30. The third-order valence-corrected chi connectivity index (χ3v) is 3.00. The molecular weight excluding hydrogens is 280 g/mol. The highest BCUT2D eigenvalue weighted by atomic mass is 16.5. The van der Waals surface area contributed by atoms with Crippen molar-refractivity contribution in [2.75, 3.05) is 27.2 Å². The lowest BCUT2D eigenvalue weighted by Gasteiger charge is -2.13. The Morgan fingerprint density at radius 3 is 2.55 bits per heavy atom. The number of hydrogen-bond acceptors (Lipinski definition) is 5. The normalized spacial score (nSPS) is 10.7. The lowest BCUT2D eigenvalue weighted by Crippen LogP contribution is -2.19. The van der Waals surface area contributed by atoms with Crippen LogP contribution in [0.5, 0.6) is 5.75 Å². The van der Waals surface area contributed by atoms with E-state index in [9.17, 15) is 4.79 Å². The summed E-state index contributed by atoms with van der Waals surface area (Å²) < 4.78 is 11.0. The zero-order chi connectivity index (χ0) is 16.7. The Balaban J connectivity index is 0.00000116. The minimum atomic E-state index is -0.579. The number of likely N-dealkylation sites (N-methyl/N-ethyl adjacent to an activating group) is 1. The van der Waals surface area contributed by atoms with Crippen LogP contribution in [-0.4, -0.2) is 37.1 Å². The first-order valence-electron chi connectivity index (χ1n) is 7.70. The Hall–Kier alpha value is -1.88. The Kier molecular flexibility index (Phi) is 7.05. The molecule has 0 N–H and O–H groups in total. The number of aromatic nitrogens is 1. The second-order valence-corrected chi connectivity index (χ2v) is 5.30. The fourth-order valence-corrected chi connectivity index (χ4v) is 1.98. The van der Waals surface area contributed by atoms with Crippen molar-refractivity contribution in [1.82, 2.24) is 9.88 Å². The van der Waals surface area contributed by atoms with Gasteiger partial charge in [0.15, 0.2) is 11.3 Å². The lowest BCUT2D eigenvalue weighted by atomic mass is 10.1. The zero-order valence-corrected chi connectivity index (χ0v) is 14.3. The van der Waals surface area contributed by atoms with Gasteiger partial charge < -0.3 is 14.1 Å². The van der Waals surface area contributed by atoms with Gasteiger partial charge in [0, 0.05) is 11.9 Å². The number of rotatable bonds is 5. The van der Waals surface area contributed by atoms with Gasteiger partial charge >= 0.3 is 5.76 Å². The molecule has 1 aromatic heterocycles. The fraction of sp³-hybridized carbons (Fsp3) is 0.529. The molecular formula is C17H26N2O3. The van der Waals surface area contributed by atoms with Crippen LogP contribution in [0.3, 0.4) is 0 Å². The first-order chi connectivity index (χ1) is 10.5. The summed E-state index contributed by atoms with van der Waals surface area (Å²) in [4.78, 5) is 17.6. The molecule has 1 aromatic carbocycles. The monoisotopic (exact) mass is 306 g/mol. The molecule has 0 bridgehead atoms. The average Bonchev–Trinajstić information content (AvgIpc) is 2.48. The van der Waals surface area contributed by atoms with Crippen molar-refractivity contribution in [3.05, 3.63) is 34.4 Å². The molecule has 0 atom stereocenters. The van der Waals surface area contributed by atoms with Crippen molar-refractivity contribution in [1.29, 1.82) is 0 Å². The van der Waals surface area contributed by atoms with Gasteiger partial charge in [-0.2, -0.15) is 4.98 Å². The summed E-state index contributed by atoms with van der Waals surface area (Å²) in [5, 5.41) is 0.835. The van der Waals surface area contributed by atoms with Gasteiger partial charge in [-0.3, -0.25) is 0 Å². The smallest absolute Gasteiger partial charge is 0.439 e. The number of hydrogen-bond donors (Lipinski definition) is 0. The largest absolute Gasteiger partial charge is 0.488 e. The van der Waals surface area contributed by atoms with Crippen LogP contribution in [0.25, 0.3) is 11.0 Å². The highest BCUT2D eigenvalue weighted by Crippen LogP contribution is 2.28. The lowest BCUT2D eigenvalue weighted by molar-refractivity contribution is 0.260. The molecule has 0 unspecified atom stereocenters. The third kappa shape index (κ3) is 4.56. The van der Waals surface area contributed by atoms with E-state index < -0.39 is 5.76 Å². The molecule has 0 fully saturated rings. The van der Waals surface area contributed by atoms with Gasteiger partial charge in [0.05, 0.1) is 5.69 Å². The van der Waals surface area contributed by atoms with Gasteiger partial charge in [0.2, 0.25) is 0 Å². The molecule has 0 spiro atoms. The molecule has 0 aliphatic carbocycles. The van der Waals surface area contributed by atoms with Crippen LogP contribution >= 0.6 is 0 Å². The van der Waals surface area contributed by atoms with Crippen LogP contribution in [0.2, 0.25) is 0 Å². The van der Waals surface area contributed by atoms with E-state index in [0.29, 0.717) is 17.9 Å². The van der Waals surface area contributed by atoms with Crippen molar-refractivity contribution in [3.63, 3.8) is 0 Å². The molecule has 0 amide bonds. The van der Waals surface area contributed by atoms with E-state index in [-0.39, 0.29) is 5.92 Å². The minimum Gasteiger partial charge on any atom is -0.488 e. The van der Waals surface area contributed by atoms with Crippen LogP contribution in [0.4, 0.5) is 0 Å².